The van der Waals surface area contributed by atoms with Crippen LogP contribution in [0.5, 0.6) is 0 Å². The lowest BCUT2D eigenvalue weighted by atomic mass is 10.0. The predicted molar refractivity (Wildman–Crippen MR) is 61.5 cm³/mol. The summed E-state index contributed by atoms with van der Waals surface area (Å²) in [6.07, 6.45) is 10.5. The fourth-order valence-corrected chi connectivity index (χ4v) is 2.33. The molecule has 1 aliphatic rings. The fraction of sp³-hybridized carbons (Fsp3) is 0.750. The van der Waals surface area contributed by atoms with E-state index in [0.29, 0.717) is 6.04 Å². The van der Waals surface area contributed by atoms with E-state index in [2.05, 4.69) is 22.2 Å². The Balaban J connectivity index is 1.74. The first-order valence-electron chi connectivity index (χ1n) is 6.05. The van der Waals surface area contributed by atoms with Crippen LogP contribution in [0.3, 0.4) is 0 Å². The summed E-state index contributed by atoms with van der Waals surface area (Å²) >= 11 is 0. The van der Waals surface area contributed by atoms with E-state index < -0.39 is 0 Å². The highest BCUT2D eigenvalue weighted by Crippen LogP contribution is 2.22. The molecule has 1 saturated carbocycles. The van der Waals surface area contributed by atoms with Gasteiger partial charge in [0, 0.05) is 24.5 Å². The quantitative estimate of drug-likeness (QED) is 0.747. The predicted octanol–water partition coefficient (Wildman–Crippen LogP) is 2.47. The van der Waals surface area contributed by atoms with Crippen molar-refractivity contribution in [1.29, 1.82) is 0 Å². The Hall–Kier alpha value is -0.830. The van der Waals surface area contributed by atoms with Crippen molar-refractivity contribution in [3.63, 3.8) is 0 Å². The molecular weight excluding hydrogens is 186 g/mol. The van der Waals surface area contributed by atoms with Crippen molar-refractivity contribution in [1.82, 2.24) is 15.3 Å². The van der Waals surface area contributed by atoms with Crippen LogP contribution in [0.25, 0.3) is 0 Å². The van der Waals surface area contributed by atoms with Crippen LogP contribution in [0.2, 0.25) is 0 Å². The van der Waals surface area contributed by atoms with Crippen molar-refractivity contribution in [2.75, 3.05) is 0 Å². The number of aromatic nitrogens is 2. The van der Waals surface area contributed by atoms with E-state index in [9.17, 15) is 0 Å². The van der Waals surface area contributed by atoms with E-state index in [1.807, 2.05) is 6.20 Å². The standard InChI is InChI=1S/C12H21N3/c1-10-3-2-4-11(6-5-10)14-8-12-7-13-9-15-12/h7,9-11,14H,2-6,8H2,1H3,(H,13,15). The largest absolute Gasteiger partial charge is 0.347 e. The maximum Gasteiger partial charge on any atom is 0.0922 e. The molecule has 2 N–H and O–H groups in total. The zero-order valence-electron chi connectivity index (χ0n) is 9.50. The molecule has 0 aliphatic heterocycles. The molecule has 0 saturated heterocycles. The van der Waals surface area contributed by atoms with Crippen molar-refractivity contribution >= 4 is 0 Å². The molecule has 0 amide bonds. The van der Waals surface area contributed by atoms with Gasteiger partial charge in [-0.15, -0.1) is 0 Å². The Kier molecular flexibility index (Phi) is 3.78. The van der Waals surface area contributed by atoms with E-state index >= 15 is 0 Å². The van der Waals surface area contributed by atoms with Gasteiger partial charge in [-0.25, -0.2) is 4.98 Å². The number of hydrogen-bond acceptors (Lipinski definition) is 2. The van der Waals surface area contributed by atoms with Gasteiger partial charge in [0.15, 0.2) is 0 Å². The minimum atomic E-state index is 0.707. The van der Waals surface area contributed by atoms with Gasteiger partial charge >= 0.3 is 0 Å². The number of hydrogen-bond donors (Lipinski definition) is 2. The first-order valence-corrected chi connectivity index (χ1v) is 6.05. The van der Waals surface area contributed by atoms with E-state index in [-0.39, 0.29) is 0 Å². The molecule has 2 unspecified atom stereocenters. The summed E-state index contributed by atoms with van der Waals surface area (Å²) in [5.74, 6) is 0.920. The van der Waals surface area contributed by atoms with Gasteiger partial charge in [-0.1, -0.05) is 19.8 Å². The molecule has 1 aliphatic carbocycles. The number of H-pyrrole nitrogens is 1. The van der Waals surface area contributed by atoms with Gasteiger partial charge in [-0.3, -0.25) is 0 Å². The van der Waals surface area contributed by atoms with Gasteiger partial charge in [-0.05, 0) is 25.2 Å². The Morgan fingerprint density at radius 1 is 1.40 bits per heavy atom. The second-order valence-electron chi connectivity index (χ2n) is 4.77. The molecule has 1 fully saturated rings. The smallest absolute Gasteiger partial charge is 0.0922 e. The van der Waals surface area contributed by atoms with Crippen molar-refractivity contribution in [3.8, 4) is 0 Å². The normalized spacial score (nSPS) is 27.5. The SMILES string of the molecule is CC1CCCC(NCc2cnc[nH]2)CC1. The van der Waals surface area contributed by atoms with Gasteiger partial charge in [0.05, 0.1) is 6.33 Å². The molecular formula is C12H21N3. The highest BCUT2D eigenvalue weighted by molar-refractivity contribution is 4.93. The van der Waals surface area contributed by atoms with Crippen LogP contribution < -0.4 is 5.32 Å². The van der Waals surface area contributed by atoms with Gasteiger partial charge in [0.1, 0.15) is 0 Å². The Morgan fingerprint density at radius 3 is 3.13 bits per heavy atom. The number of nitrogens with zero attached hydrogens (tertiary/aromatic N) is 1. The molecule has 1 heterocycles. The summed E-state index contributed by atoms with van der Waals surface area (Å²) in [5, 5.41) is 3.61. The lowest BCUT2D eigenvalue weighted by molar-refractivity contribution is 0.445. The third-order valence-corrected chi connectivity index (χ3v) is 3.39. The zero-order chi connectivity index (χ0) is 10.5. The fourth-order valence-electron chi connectivity index (χ4n) is 2.33. The third-order valence-electron chi connectivity index (χ3n) is 3.39. The van der Waals surface area contributed by atoms with Crippen molar-refractivity contribution in [3.05, 3.63) is 18.2 Å². The van der Waals surface area contributed by atoms with Crippen molar-refractivity contribution < 1.29 is 0 Å². The Bertz CT molecular complexity index is 268. The number of rotatable bonds is 3. The summed E-state index contributed by atoms with van der Waals surface area (Å²) in [7, 11) is 0. The van der Waals surface area contributed by atoms with E-state index in [1.54, 1.807) is 6.33 Å². The minimum absolute atomic E-state index is 0.707. The average molecular weight is 207 g/mol. The maximum atomic E-state index is 4.02. The molecule has 15 heavy (non-hydrogen) atoms. The highest BCUT2D eigenvalue weighted by atomic mass is 15.0. The van der Waals surface area contributed by atoms with Gasteiger partial charge in [0.2, 0.25) is 0 Å². The maximum absolute atomic E-state index is 4.02. The van der Waals surface area contributed by atoms with E-state index in [4.69, 9.17) is 0 Å². The Morgan fingerprint density at radius 2 is 2.33 bits per heavy atom. The van der Waals surface area contributed by atoms with Crippen LogP contribution in [0, 0.1) is 5.92 Å². The summed E-state index contributed by atoms with van der Waals surface area (Å²) < 4.78 is 0. The molecule has 1 aromatic heterocycles. The number of aromatic amines is 1. The number of nitrogens with one attached hydrogen (secondary N) is 2. The lowest BCUT2D eigenvalue weighted by Gasteiger charge is -2.15. The Labute approximate surface area is 91.7 Å². The molecule has 1 aromatic rings. The van der Waals surface area contributed by atoms with Gasteiger partial charge in [0.25, 0.3) is 0 Å². The molecule has 3 nitrogen and oxygen atoms in total. The summed E-state index contributed by atoms with van der Waals surface area (Å²) in [4.78, 5) is 7.15. The topological polar surface area (TPSA) is 40.7 Å². The highest BCUT2D eigenvalue weighted by Gasteiger charge is 2.15. The van der Waals surface area contributed by atoms with Crippen LogP contribution in [0.1, 0.15) is 44.7 Å². The van der Waals surface area contributed by atoms with E-state index in [1.165, 1.54) is 37.8 Å². The second kappa shape index (κ2) is 5.31. The summed E-state index contributed by atoms with van der Waals surface area (Å²) in [6.45, 7) is 3.30. The summed E-state index contributed by atoms with van der Waals surface area (Å²) in [6, 6.07) is 0.707. The average Bonchev–Trinajstić information content (AvgIpc) is 2.66. The minimum Gasteiger partial charge on any atom is -0.347 e. The number of imidazole rings is 1. The second-order valence-corrected chi connectivity index (χ2v) is 4.77. The summed E-state index contributed by atoms with van der Waals surface area (Å²) in [5.41, 5.74) is 1.19. The van der Waals surface area contributed by atoms with Crippen LogP contribution in [-0.2, 0) is 6.54 Å². The molecule has 0 radical (unpaired) electrons. The molecule has 2 atom stereocenters. The molecule has 0 aromatic carbocycles. The van der Waals surface area contributed by atoms with Crippen molar-refractivity contribution in [2.45, 2.75) is 51.6 Å². The lowest BCUT2D eigenvalue weighted by Crippen LogP contribution is -2.28. The van der Waals surface area contributed by atoms with Gasteiger partial charge in [-0.2, -0.15) is 0 Å². The molecule has 2 rings (SSSR count). The monoisotopic (exact) mass is 207 g/mol. The molecule has 0 bridgehead atoms. The third kappa shape index (κ3) is 3.34. The molecule has 0 spiro atoms. The van der Waals surface area contributed by atoms with Crippen molar-refractivity contribution in [2.24, 2.45) is 5.92 Å². The molecule has 84 valence electrons. The van der Waals surface area contributed by atoms with Crippen LogP contribution in [-0.4, -0.2) is 16.0 Å². The first-order chi connectivity index (χ1) is 7.34. The first kappa shape index (κ1) is 10.7. The molecule has 3 heteroatoms. The van der Waals surface area contributed by atoms with Gasteiger partial charge < -0.3 is 10.3 Å². The van der Waals surface area contributed by atoms with Crippen LogP contribution in [0.4, 0.5) is 0 Å². The van der Waals surface area contributed by atoms with Crippen LogP contribution in [0.15, 0.2) is 12.5 Å². The van der Waals surface area contributed by atoms with Crippen LogP contribution >= 0.6 is 0 Å². The zero-order valence-corrected chi connectivity index (χ0v) is 9.50. The van der Waals surface area contributed by atoms with E-state index in [0.717, 1.165) is 12.5 Å².